The lowest BCUT2D eigenvalue weighted by molar-refractivity contribution is 0.0615. The fraction of sp³-hybridized carbons (Fsp3) is 0.400. The maximum Gasteiger partial charge on any atom is 0.278 e. The normalized spacial score (nSPS) is 22.8. The van der Waals surface area contributed by atoms with Crippen LogP contribution in [0.4, 0.5) is 0 Å². The lowest BCUT2D eigenvalue weighted by atomic mass is 9.99. The standard InChI is InChI=1S/C20H23N3O3S2/c1-12(2)21-11-23(22-8-6-14(24)18(25)17(22)20(21)26)16(15-5-4-9-27-15)19-13(3)7-10-28-19/h4-10,12-13,16,19,25H,11H2,1-3H3. The van der Waals surface area contributed by atoms with Gasteiger partial charge in [-0.05, 0) is 36.6 Å². The number of hydrogen-bond acceptors (Lipinski definition) is 6. The zero-order chi connectivity index (χ0) is 20.0. The van der Waals surface area contributed by atoms with Crippen molar-refractivity contribution in [3.63, 3.8) is 0 Å². The average Bonchev–Trinajstić information content (AvgIpc) is 3.32. The predicted molar refractivity (Wildman–Crippen MR) is 113 cm³/mol. The molecule has 6 nitrogen and oxygen atoms in total. The number of carbonyl (C=O) groups is 1. The molecule has 1 amide bonds. The third kappa shape index (κ3) is 3.04. The smallest absolute Gasteiger partial charge is 0.278 e. The maximum absolute atomic E-state index is 13.0. The van der Waals surface area contributed by atoms with E-state index in [9.17, 15) is 14.7 Å². The van der Waals surface area contributed by atoms with Crippen molar-refractivity contribution in [2.45, 2.75) is 38.1 Å². The summed E-state index contributed by atoms with van der Waals surface area (Å²) >= 11 is 3.47. The second-order valence-corrected chi connectivity index (χ2v) is 9.49. The van der Waals surface area contributed by atoms with Gasteiger partial charge in [0.25, 0.3) is 5.91 Å². The molecule has 0 radical (unpaired) electrons. The highest BCUT2D eigenvalue weighted by Crippen LogP contribution is 2.43. The van der Waals surface area contributed by atoms with Crippen LogP contribution >= 0.6 is 23.1 Å². The van der Waals surface area contributed by atoms with E-state index in [1.165, 1.54) is 10.9 Å². The molecule has 8 heteroatoms. The quantitative estimate of drug-likeness (QED) is 0.826. The average molecular weight is 418 g/mol. The van der Waals surface area contributed by atoms with Gasteiger partial charge in [-0.3, -0.25) is 19.3 Å². The second kappa shape index (κ2) is 7.33. The van der Waals surface area contributed by atoms with Crippen molar-refractivity contribution in [3.05, 3.63) is 62.1 Å². The van der Waals surface area contributed by atoms with Crippen molar-refractivity contribution in [2.75, 3.05) is 11.7 Å². The summed E-state index contributed by atoms with van der Waals surface area (Å²) in [5.74, 6) is -0.451. The molecular weight excluding hydrogens is 394 g/mol. The molecule has 2 aromatic heterocycles. The molecule has 1 N–H and O–H groups in total. The van der Waals surface area contributed by atoms with Gasteiger partial charge < -0.3 is 10.0 Å². The van der Waals surface area contributed by atoms with Crippen LogP contribution in [0, 0.1) is 5.92 Å². The van der Waals surface area contributed by atoms with Crippen LogP contribution in [0.3, 0.4) is 0 Å². The van der Waals surface area contributed by atoms with Gasteiger partial charge in [-0.15, -0.1) is 23.1 Å². The summed E-state index contributed by atoms with van der Waals surface area (Å²) in [6, 6.07) is 5.39. The first-order valence-corrected chi connectivity index (χ1v) is 11.1. The third-order valence-electron chi connectivity index (χ3n) is 5.32. The predicted octanol–water partition coefficient (Wildman–Crippen LogP) is 3.38. The van der Waals surface area contributed by atoms with Gasteiger partial charge in [0, 0.05) is 28.4 Å². The number of pyridine rings is 1. The topological polar surface area (TPSA) is 65.8 Å². The minimum Gasteiger partial charge on any atom is -0.502 e. The SMILES string of the molecule is CC1C=CSC1C(c1cccs1)N1CN(C(C)C)C(=O)c2c(O)c(=O)ccn21. The molecule has 4 rings (SSSR count). The summed E-state index contributed by atoms with van der Waals surface area (Å²) in [6.07, 6.45) is 3.81. The van der Waals surface area contributed by atoms with Crippen LogP contribution in [-0.2, 0) is 0 Å². The van der Waals surface area contributed by atoms with E-state index in [0.717, 1.165) is 0 Å². The first kappa shape index (κ1) is 19.1. The van der Waals surface area contributed by atoms with Crippen LogP contribution in [0.2, 0.25) is 0 Å². The Bertz CT molecular complexity index is 968. The van der Waals surface area contributed by atoms with E-state index in [4.69, 9.17) is 0 Å². The Morgan fingerprint density at radius 1 is 1.25 bits per heavy atom. The van der Waals surface area contributed by atoms with Crippen LogP contribution in [-0.4, -0.2) is 38.6 Å². The Kier molecular flexibility index (Phi) is 5.01. The molecule has 0 bridgehead atoms. The van der Waals surface area contributed by atoms with Crippen LogP contribution in [0.15, 0.2) is 46.1 Å². The molecule has 0 aliphatic carbocycles. The summed E-state index contributed by atoms with van der Waals surface area (Å²) < 4.78 is 1.67. The third-order valence-corrected chi connectivity index (χ3v) is 7.58. The number of allylic oxidation sites excluding steroid dienone is 1. The Hall–Kier alpha value is -2.19. The largest absolute Gasteiger partial charge is 0.502 e. The molecule has 4 heterocycles. The highest BCUT2D eigenvalue weighted by molar-refractivity contribution is 8.03. The number of thioether (sulfide) groups is 1. The summed E-state index contributed by atoms with van der Waals surface area (Å²) in [5, 5.41) is 17.0. The highest BCUT2D eigenvalue weighted by atomic mass is 32.2. The van der Waals surface area contributed by atoms with Gasteiger partial charge in [0.05, 0.1) is 6.04 Å². The molecule has 0 saturated carbocycles. The van der Waals surface area contributed by atoms with E-state index < -0.39 is 11.2 Å². The second-order valence-electron chi connectivity index (χ2n) is 7.42. The lowest BCUT2D eigenvalue weighted by Crippen LogP contribution is -2.58. The molecule has 148 valence electrons. The van der Waals surface area contributed by atoms with Crippen molar-refractivity contribution in [2.24, 2.45) is 5.92 Å². The summed E-state index contributed by atoms with van der Waals surface area (Å²) in [4.78, 5) is 28.0. The lowest BCUT2D eigenvalue weighted by Gasteiger charge is -2.46. The summed E-state index contributed by atoms with van der Waals surface area (Å²) in [5.41, 5.74) is -0.499. The molecule has 2 aliphatic heterocycles. The molecule has 0 saturated heterocycles. The van der Waals surface area contributed by atoms with E-state index in [-0.39, 0.29) is 28.9 Å². The number of nitrogens with zero attached hydrogens (tertiary/aromatic N) is 3. The van der Waals surface area contributed by atoms with Gasteiger partial charge in [0.1, 0.15) is 6.67 Å². The zero-order valence-corrected chi connectivity index (χ0v) is 17.6. The molecule has 3 unspecified atom stereocenters. The minimum absolute atomic E-state index is 0.00926. The van der Waals surface area contributed by atoms with Gasteiger partial charge in [0.15, 0.2) is 11.4 Å². The molecule has 0 spiro atoms. The molecule has 2 aromatic rings. The van der Waals surface area contributed by atoms with Crippen LogP contribution in [0.1, 0.15) is 42.2 Å². The Morgan fingerprint density at radius 2 is 2.04 bits per heavy atom. The Morgan fingerprint density at radius 3 is 2.64 bits per heavy atom. The Balaban J connectivity index is 1.89. The molecule has 0 aromatic carbocycles. The maximum atomic E-state index is 13.0. The van der Waals surface area contributed by atoms with E-state index in [0.29, 0.717) is 12.6 Å². The van der Waals surface area contributed by atoms with E-state index >= 15 is 0 Å². The number of aromatic nitrogens is 1. The van der Waals surface area contributed by atoms with Crippen LogP contribution in [0.5, 0.6) is 5.75 Å². The molecule has 0 fully saturated rings. The zero-order valence-electron chi connectivity index (χ0n) is 16.0. The van der Waals surface area contributed by atoms with E-state index in [1.807, 2.05) is 19.9 Å². The summed E-state index contributed by atoms with van der Waals surface area (Å²) in [7, 11) is 0. The first-order valence-electron chi connectivity index (χ1n) is 9.28. The monoisotopic (exact) mass is 417 g/mol. The fourth-order valence-corrected chi connectivity index (χ4v) is 6.03. The number of aromatic hydroxyl groups is 1. The first-order chi connectivity index (χ1) is 13.4. The van der Waals surface area contributed by atoms with Crippen molar-refractivity contribution < 1.29 is 9.90 Å². The van der Waals surface area contributed by atoms with Crippen LogP contribution < -0.4 is 10.4 Å². The number of rotatable bonds is 4. The van der Waals surface area contributed by atoms with Gasteiger partial charge in [-0.2, -0.15) is 0 Å². The number of fused-ring (bicyclic) bond motifs is 1. The van der Waals surface area contributed by atoms with Gasteiger partial charge in [0.2, 0.25) is 5.43 Å². The van der Waals surface area contributed by atoms with Crippen LogP contribution in [0.25, 0.3) is 0 Å². The van der Waals surface area contributed by atoms with Gasteiger partial charge in [-0.25, -0.2) is 0 Å². The minimum atomic E-state index is -0.539. The summed E-state index contributed by atoms with van der Waals surface area (Å²) in [6.45, 7) is 6.47. The molecule has 28 heavy (non-hydrogen) atoms. The van der Waals surface area contributed by atoms with Gasteiger partial charge >= 0.3 is 0 Å². The fourth-order valence-electron chi connectivity index (χ4n) is 3.77. The van der Waals surface area contributed by atoms with Gasteiger partial charge in [-0.1, -0.05) is 19.1 Å². The molecular formula is C20H23N3O3S2. The highest BCUT2D eigenvalue weighted by Gasteiger charge is 2.41. The van der Waals surface area contributed by atoms with Crippen molar-refractivity contribution in [1.29, 1.82) is 0 Å². The van der Waals surface area contributed by atoms with E-state index in [2.05, 4.69) is 34.9 Å². The molecule has 2 aliphatic rings. The Labute approximate surface area is 172 Å². The molecule has 3 atom stereocenters. The van der Waals surface area contributed by atoms with Crippen molar-refractivity contribution >= 4 is 29.0 Å². The van der Waals surface area contributed by atoms with E-state index in [1.54, 1.807) is 38.9 Å². The van der Waals surface area contributed by atoms with Crippen molar-refractivity contribution in [3.8, 4) is 5.75 Å². The number of amides is 1. The number of hydrogen-bond donors (Lipinski definition) is 1. The number of carbonyl (C=O) groups excluding carboxylic acids is 1. The van der Waals surface area contributed by atoms with Crippen molar-refractivity contribution in [1.82, 2.24) is 9.58 Å². The number of thiophene rings is 1.